The molecule has 0 radical (unpaired) electrons. The fourth-order valence-corrected chi connectivity index (χ4v) is 1.80. The van der Waals surface area contributed by atoms with Gasteiger partial charge >= 0.3 is 0 Å². The van der Waals surface area contributed by atoms with Crippen LogP contribution in [0.25, 0.3) is 0 Å². The fraction of sp³-hybridized carbons (Fsp3) is 0.385. The summed E-state index contributed by atoms with van der Waals surface area (Å²) in [5.74, 6) is -0.251. The highest BCUT2D eigenvalue weighted by Gasteiger charge is 2.24. The van der Waals surface area contributed by atoms with Crippen molar-refractivity contribution >= 4 is 12.2 Å². The van der Waals surface area contributed by atoms with Crippen LogP contribution in [0.15, 0.2) is 30.3 Å². The predicted molar refractivity (Wildman–Crippen MR) is 62.9 cm³/mol. The molecule has 1 amide bonds. The Balaban J connectivity index is 3.06. The molecule has 1 aromatic rings. The molecular weight excluding hydrogens is 202 g/mol. The third-order valence-corrected chi connectivity index (χ3v) is 2.77. The summed E-state index contributed by atoms with van der Waals surface area (Å²) >= 11 is 0. The number of aldehydes is 1. The maximum Gasteiger partial charge on any atom is 0.219 e. The van der Waals surface area contributed by atoms with Crippen molar-refractivity contribution < 1.29 is 9.59 Å². The van der Waals surface area contributed by atoms with E-state index < -0.39 is 0 Å². The molecule has 0 unspecified atom stereocenters. The molecule has 86 valence electrons. The zero-order valence-electron chi connectivity index (χ0n) is 9.88. The van der Waals surface area contributed by atoms with Crippen LogP contribution in [-0.2, 0) is 9.59 Å². The van der Waals surface area contributed by atoms with Gasteiger partial charge in [0.05, 0.1) is 6.04 Å². The minimum Gasteiger partial charge on any atom is -0.338 e. The summed E-state index contributed by atoms with van der Waals surface area (Å²) in [6, 6.07) is 9.42. The monoisotopic (exact) mass is 219 g/mol. The van der Waals surface area contributed by atoms with Crippen molar-refractivity contribution in [3.8, 4) is 0 Å². The largest absolute Gasteiger partial charge is 0.338 e. The van der Waals surface area contributed by atoms with Crippen molar-refractivity contribution in [3.05, 3.63) is 35.9 Å². The lowest BCUT2D eigenvalue weighted by molar-refractivity contribution is -0.131. The van der Waals surface area contributed by atoms with E-state index >= 15 is 0 Å². The van der Waals surface area contributed by atoms with Crippen LogP contribution < -0.4 is 0 Å². The third-order valence-electron chi connectivity index (χ3n) is 2.77. The first-order chi connectivity index (χ1) is 7.57. The van der Waals surface area contributed by atoms with E-state index in [-0.39, 0.29) is 17.9 Å². The van der Waals surface area contributed by atoms with Gasteiger partial charge in [-0.15, -0.1) is 0 Å². The number of rotatable bonds is 4. The van der Waals surface area contributed by atoms with Gasteiger partial charge in [-0.05, 0) is 5.56 Å². The maximum atomic E-state index is 11.4. The van der Waals surface area contributed by atoms with Crippen molar-refractivity contribution in [2.24, 2.45) is 5.92 Å². The zero-order chi connectivity index (χ0) is 12.1. The van der Waals surface area contributed by atoms with Crippen LogP contribution >= 0.6 is 0 Å². The summed E-state index contributed by atoms with van der Waals surface area (Å²) < 4.78 is 0. The highest BCUT2D eigenvalue weighted by atomic mass is 16.2. The molecule has 16 heavy (non-hydrogen) atoms. The molecule has 0 aromatic heterocycles. The van der Waals surface area contributed by atoms with Gasteiger partial charge < -0.3 is 9.69 Å². The van der Waals surface area contributed by atoms with Crippen molar-refractivity contribution in [1.82, 2.24) is 4.90 Å². The first-order valence-electron chi connectivity index (χ1n) is 5.31. The molecule has 0 spiro atoms. The Morgan fingerprint density at radius 2 is 1.88 bits per heavy atom. The van der Waals surface area contributed by atoms with E-state index in [1.165, 1.54) is 6.92 Å². The lowest BCUT2D eigenvalue weighted by Gasteiger charge is -2.30. The molecule has 0 aliphatic rings. The number of carbonyl (C=O) groups excluding carboxylic acids is 2. The molecule has 0 fully saturated rings. The number of nitrogens with zero attached hydrogens (tertiary/aromatic N) is 1. The normalized spacial score (nSPS) is 13.9. The van der Waals surface area contributed by atoms with Gasteiger partial charge in [0.15, 0.2) is 0 Å². The Hall–Kier alpha value is -1.64. The number of benzene rings is 1. The third kappa shape index (κ3) is 2.69. The van der Waals surface area contributed by atoms with Gasteiger partial charge in [-0.3, -0.25) is 4.79 Å². The highest BCUT2D eigenvalue weighted by Crippen LogP contribution is 2.26. The Morgan fingerprint density at radius 1 is 1.31 bits per heavy atom. The smallest absolute Gasteiger partial charge is 0.219 e. The molecule has 0 N–H and O–H groups in total. The quantitative estimate of drug-likeness (QED) is 0.727. The van der Waals surface area contributed by atoms with Crippen LogP contribution in [0.2, 0.25) is 0 Å². The lowest BCUT2D eigenvalue weighted by atomic mass is 9.94. The Kier molecular flexibility index (Phi) is 4.23. The van der Waals surface area contributed by atoms with Gasteiger partial charge in [-0.2, -0.15) is 0 Å². The average molecular weight is 219 g/mol. The van der Waals surface area contributed by atoms with Crippen LogP contribution in [0.1, 0.15) is 25.5 Å². The molecular formula is C13H17NO2. The lowest BCUT2D eigenvalue weighted by Crippen LogP contribution is -2.33. The van der Waals surface area contributed by atoms with Gasteiger partial charge in [-0.25, -0.2) is 0 Å². The molecule has 1 aromatic carbocycles. The molecule has 0 heterocycles. The van der Waals surface area contributed by atoms with Crippen LogP contribution in [0.5, 0.6) is 0 Å². The molecule has 0 saturated carbocycles. The van der Waals surface area contributed by atoms with E-state index in [0.29, 0.717) is 0 Å². The molecule has 0 saturated heterocycles. The van der Waals surface area contributed by atoms with Gasteiger partial charge in [-0.1, -0.05) is 37.3 Å². The Morgan fingerprint density at radius 3 is 2.31 bits per heavy atom. The van der Waals surface area contributed by atoms with Crippen LogP contribution in [-0.4, -0.2) is 24.1 Å². The number of carbonyl (C=O) groups is 2. The molecule has 2 atom stereocenters. The SMILES string of the molecule is CC(=O)N(C)[C@H](c1ccccc1)[C@H](C)C=O. The minimum atomic E-state index is -0.212. The molecule has 0 aliphatic heterocycles. The minimum absolute atomic E-state index is 0.0393. The topological polar surface area (TPSA) is 37.4 Å². The summed E-state index contributed by atoms with van der Waals surface area (Å²) in [5, 5.41) is 0. The summed E-state index contributed by atoms with van der Waals surface area (Å²) in [6.45, 7) is 3.33. The maximum absolute atomic E-state index is 11.4. The second-order valence-electron chi connectivity index (χ2n) is 3.98. The van der Waals surface area contributed by atoms with E-state index in [9.17, 15) is 9.59 Å². The van der Waals surface area contributed by atoms with Crippen molar-refractivity contribution in [1.29, 1.82) is 0 Å². The molecule has 1 rings (SSSR count). The highest BCUT2D eigenvalue weighted by molar-refractivity contribution is 5.74. The van der Waals surface area contributed by atoms with Gasteiger partial charge in [0, 0.05) is 19.9 Å². The second-order valence-corrected chi connectivity index (χ2v) is 3.98. The summed E-state index contributed by atoms with van der Waals surface area (Å²) in [6.07, 6.45) is 0.886. The van der Waals surface area contributed by atoms with Crippen LogP contribution in [0.4, 0.5) is 0 Å². The van der Waals surface area contributed by atoms with Crippen LogP contribution in [0, 0.1) is 5.92 Å². The van der Waals surface area contributed by atoms with E-state index in [0.717, 1.165) is 11.8 Å². The molecule has 3 nitrogen and oxygen atoms in total. The Labute approximate surface area is 96.1 Å². The van der Waals surface area contributed by atoms with E-state index in [4.69, 9.17) is 0 Å². The fourth-order valence-electron chi connectivity index (χ4n) is 1.80. The van der Waals surface area contributed by atoms with Crippen molar-refractivity contribution in [3.63, 3.8) is 0 Å². The first-order valence-corrected chi connectivity index (χ1v) is 5.31. The van der Waals surface area contributed by atoms with Gasteiger partial charge in [0.1, 0.15) is 6.29 Å². The number of hydrogen-bond donors (Lipinski definition) is 0. The van der Waals surface area contributed by atoms with Crippen molar-refractivity contribution in [2.75, 3.05) is 7.05 Å². The standard InChI is InChI=1S/C13H17NO2/c1-10(9-15)13(14(3)11(2)16)12-7-5-4-6-8-12/h4-10,13H,1-3H3/t10-,13+/m1/s1. The summed E-state index contributed by atoms with van der Waals surface area (Å²) in [5.41, 5.74) is 0.986. The summed E-state index contributed by atoms with van der Waals surface area (Å²) in [4.78, 5) is 23.9. The second kappa shape index (κ2) is 5.45. The molecule has 0 bridgehead atoms. The Bertz CT molecular complexity index is 361. The average Bonchev–Trinajstić information content (AvgIpc) is 2.30. The van der Waals surface area contributed by atoms with Crippen LogP contribution in [0.3, 0.4) is 0 Å². The predicted octanol–water partition coefficient (Wildman–Crippen LogP) is 2.04. The van der Waals surface area contributed by atoms with Crippen molar-refractivity contribution in [2.45, 2.75) is 19.9 Å². The van der Waals surface area contributed by atoms with Gasteiger partial charge in [0.2, 0.25) is 5.91 Å². The van der Waals surface area contributed by atoms with E-state index in [1.54, 1.807) is 11.9 Å². The van der Waals surface area contributed by atoms with E-state index in [1.807, 2.05) is 37.3 Å². The summed E-state index contributed by atoms with van der Waals surface area (Å²) in [7, 11) is 1.72. The molecule has 3 heteroatoms. The van der Waals surface area contributed by atoms with Gasteiger partial charge in [0.25, 0.3) is 0 Å². The molecule has 0 aliphatic carbocycles. The zero-order valence-corrected chi connectivity index (χ0v) is 9.88. The van der Waals surface area contributed by atoms with E-state index in [2.05, 4.69) is 0 Å². The number of hydrogen-bond acceptors (Lipinski definition) is 2. The number of amides is 1. The first kappa shape index (κ1) is 12.4.